The molecule has 0 amide bonds. The summed E-state index contributed by atoms with van der Waals surface area (Å²) in [6, 6.07) is 0. The van der Waals surface area contributed by atoms with Crippen molar-refractivity contribution >= 4 is 6.29 Å². The van der Waals surface area contributed by atoms with Gasteiger partial charge in [0.2, 0.25) is 0 Å². The number of aldehydes is 1. The molecule has 80 valence electrons. The SMILES string of the molecule is C/C(C=O)=C\C1CN(C)CC(F)(F)C1. The van der Waals surface area contributed by atoms with Gasteiger partial charge in [0.25, 0.3) is 5.92 Å². The Balaban J connectivity index is 2.67. The quantitative estimate of drug-likeness (QED) is 0.503. The lowest BCUT2D eigenvalue weighted by Crippen LogP contribution is -2.44. The smallest absolute Gasteiger partial charge is 0.261 e. The topological polar surface area (TPSA) is 20.3 Å². The average molecular weight is 203 g/mol. The van der Waals surface area contributed by atoms with Crippen molar-refractivity contribution in [3.8, 4) is 0 Å². The van der Waals surface area contributed by atoms with E-state index in [1.165, 1.54) is 0 Å². The van der Waals surface area contributed by atoms with Gasteiger partial charge < -0.3 is 0 Å². The zero-order valence-corrected chi connectivity index (χ0v) is 8.46. The molecule has 1 heterocycles. The molecular weight excluding hydrogens is 188 g/mol. The van der Waals surface area contributed by atoms with Crippen LogP contribution in [0.2, 0.25) is 0 Å². The molecule has 1 atom stereocenters. The summed E-state index contributed by atoms with van der Waals surface area (Å²) in [5.74, 6) is -2.84. The second-order valence-corrected chi connectivity index (χ2v) is 4.05. The van der Waals surface area contributed by atoms with Crippen LogP contribution in [0.3, 0.4) is 0 Å². The highest BCUT2D eigenvalue weighted by molar-refractivity contribution is 5.72. The number of carbonyl (C=O) groups is 1. The standard InChI is InChI=1S/C10H15F2NO/c1-8(6-14)3-9-4-10(11,12)7-13(2)5-9/h3,6,9H,4-5,7H2,1-2H3/b8-3+. The minimum absolute atomic E-state index is 0.150. The van der Waals surface area contributed by atoms with Gasteiger partial charge in [-0.2, -0.15) is 0 Å². The predicted molar refractivity (Wildman–Crippen MR) is 50.4 cm³/mol. The van der Waals surface area contributed by atoms with Gasteiger partial charge in [-0.15, -0.1) is 0 Å². The maximum atomic E-state index is 13.1. The van der Waals surface area contributed by atoms with Gasteiger partial charge in [0.1, 0.15) is 6.29 Å². The Morgan fingerprint density at radius 1 is 1.57 bits per heavy atom. The summed E-state index contributed by atoms with van der Waals surface area (Å²) in [6.45, 7) is 2.05. The summed E-state index contributed by atoms with van der Waals surface area (Å²) >= 11 is 0. The van der Waals surface area contributed by atoms with Crippen molar-refractivity contribution in [2.45, 2.75) is 19.3 Å². The van der Waals surface area contributed by atoms with Crippen LogP contribution in [0.4, 0.5) is 8.78 Å². The Bertz CT molecular complexity index is 251. The number of hydrogen-bond acceptors (Lipinski definition) is 2. The molecule has 4 heteroatoms. The van der Waals surface area contributed by atoms with Crippen LogP contribution in [-0.4, -0.2) is 37.2 Å². The molecule has 1 fully saturated rings. The van der Waals surface area contributed by atoms with Crippen molar-refractivity contribution in [1.29, 1.82) is 0 Å². The number of likely N-dealkylation sites (tertiary alicyclic amines) is 1. The summed E-state index contributed by atoms with van der Waals surface area (Å²) in [5.41, 5.74) is 0.529. The number of carbonyl (C=O) groups excluding carboxylic acids is 1. The first-order chi connectivity index (χ1) is 6.43. The van der Waals surface area contributed by atoms with Gasteiger partial charge in [-0.05, 0) is 25.5 Å². The number of halogens is 2. The van der Waals surface area contributed by atoms with Crippen LogP contribution >= 0.6 is 0 Å². The lowest BCUT2D eigenvalue weighted by Gasteiger charge is -2.34. The van der Waals surface area contributed by atoms with Gasteiger partial charge >= 0.3 is 0 Å². The van der Waals surface area contributed by atoms with Crippen molar-refractivity contribution in [3.05, 3.63) is 11.6 Å². The first-order valence-electron chi connectivity index (χ1n) is 4.63. The Kier molecular flexibility index (Phi) is 3.37. The van der Waals surface area contributed by atoms with Gasteiger partial charge in [-0.1, -0.05) is 6.08 Å². The number of hydrogen-bond donors (Lipinski definition) is 0. The van der Waals surface area contributed by atoms with Crippen LogP contribution in [0.5, 0.6) is 0 Å². The fraction of sp³-hybridized carbons (Fsp3) is 0.700. The average Bonchev–Trinajstić information content (AvgIpc) is 1.99. The summed E-state index contributed by atoms with van der Waals surface area (Å²) in [7, 11) is 1.67. The molecule has 1 saturated heterocycles. The fourth-order valence-electron chi connectivity index (χ4n) is 1.90. The number of piperidine rings is 1. The normalized spacial score (nSPS) is 28.9. The van der Waals surface area contributed by atoms with Gasteiger partial charge in [0.15, 0.2) is 0 Å². The van der Waals surface area contributed by atoms with Crippen LogP contribution < -0.4 is 0 Å². The van der Waals surface area contributed by atoms with E-state index in [1.807, 2.05) is 0 Å². The molecule has 1 aliphatic rings. The van der Waals surface area contributed by atoms with Crippen LogP contribution in [0.15, 0.2) is 11.6 Å². The highest BCUT2D eigenvalue weighted by Crippen LogP contribution is 2.30. The lowest BCUT2D eigenvalue weighted by molar-refractivity contribution is -0.105. The minimum Gasteiger partial charge on any atom is -0.300 e. The number of rotatable bonds is 2. The van der Waals surface area contributed by atoms with E-state index in [-0.39, 0.29) is 18.9 Å². The van der Waals surface area contributed by atoms with Crippen molar-refractivity contribution in [2.75, 3.05) is 20.1 Å². The maximum absolute atomic E-state index is 13.1. The molecule has 0 N–H and O–H groups in total. The van der Waals surface area contributed by atoms with Crippen molar-refractivity contribution in [3.63, 3.8) is 0 Å². The molecule has 1 unspecified atom stereocenters. The number of nitrogens with zero attached hydrogens (tertiary/aromatic N) is 1. The maximum Gasteiger partial charge on any atom is 0.261 e. The van der Waals surface area contributed by atoms with Crippen molar-refractivity contribution in [1.82, 2.24) is 4.90 Å². The Morgan fingerprint density at radius 2 is 2.21 bits per heavy atom. The molecule has 1 aliphatic heterocycles. The fourth-order valence-corrected chi connectivity index (χ4v) is 1.90. The molecule has 0 radical (unpaired) electrons. The molecular formula is C10H15F2NO. The molecule has 2 nitrogen and oxygen atoms in total. The van der Waals surface area contributed by atoms with Crippen LogP contribution in [0.1, 0.15) is 13.3 Å². The van der Waals surface area contributed by atoms with E-state index < -0.39 is 5.92 Å². The third-order valence-electron chi connectivity index (χ3n) is 2.29. The Morgan fingerprint density at radius 3 is 2.71 bits per heavy atom. The summed E-state index contributed by atoms with van der Waals surface area (Å²) < 4.78 is 26.2. The zero-order valence-electron chi connectivity index (χ0n) is 8.46. The van der Waals surface area contributed by atoms with Gasteiger partial charge in [-0.25, -0.2) is 8.78 Å². The summed E-state index contributed by atoms with van der Waals surface area (Å²) in [5, 5.41) is 0. The molecule has 0 aromatic carbocycles. The predicted octanol–water partition coefficient (Wildman–Crippen LogP) is 1.72. The van der Waals surface area contributed by atoms with Crippen LogP contribution in [0.25, 0.3) is 0 Å². The third kappa shape index (κ3) is 3.18. The Hall–Kier alpha value is -0.770. The van der Waals surface area contributed by atoms with Crippen LogP contribution in [0, 0.1) is 5.92 Å². The van der Waals surface area contributed by atoms with E-state index >= 15 is 0 Å². The Labute approximate surface area is 82.6 Å². The zero-order chi connectivity index (χ0) is 10.8. The molecule has 0 spiro atoms. The van der Waals surface area contributed by atoms with E-state index in [2.05, 4.69) is 0 Å². The molecule has 0 aromatic rings. The lowest BCUT2D eigenvalue weighted by atomic mass is 9.94. The highest BCUT2D eigenvalue weighted by atomic mass is 19.3. The summed E-state index contributed by atoms with van der Waals surface area (Å²) in [6.07, 6.45) is 2.19. The molecule has 14 heavy (non-hydrogen) atoms. The summed E-state index contributed by atoms with van der Waals surface area (Å²) in [4.78, 5) is 12.0. The molecule has 0 aromatic heterocycles. The van der Waals surface area contributed by atoms with E-state index in [0.717, 1.165) is 0 Å². The minimum atomic E-state index is -2.63. The second-order valence-electron chi connectivity index (χ2n) is 4.05. The van der Waals surface area contributed by atoms with Gasteiger partial charge in [-0.3, -0.25) is 9.69 Å². The number of alkyl halides is 2. The largest absolute Gasteiger partial charge is 0.300 e. The van der Waals surface area contributed by atoms with E-state index in [0.29, 0.717) is 18.4 Å². The van der Waals surface area contributed by atoms with E-state index in [4.69, 9.17) is 0 Å². The first kappa shape index (κ1) is 11.3. The molecule has 0 aliphatic carbocycles. The highest BCUT2D eigenvalue weighted by Gasteiger charge is 2.38. The first-order valence-corrected chi connectivity index (χ1v) is 4.63. The van der Waals surface area contributed by atoms with E-state index in [1.54, 1.807) is 24.9 Å². The van der Waals surface area contributed by atoms with Gasteiger partial charge in [0.05, 0.1) is 6.54 Å². The molecule has 0 saturated carbocycles. The number of allylic oxidation sites excluding steroid dienone is 1. The molecule has 0 bridgehead atoms. The van der Waals surface area contributed by atoms with Crippen molar-refractivity contribution in [2.24, 2.45) is 5.92 Å². The van der Waals surface area contributed by atoms with Crippen molar-refractivity contribution < 1.29 is 13.6 Å². The second kappa shape index (κ2) is 4.17. The van der Waals surface area contributed by atoms with Crippen LogP contribution in [-0.2, 0) is 4.79 Å². The van der Waals surface area contributed by atoms with Gasteiger partial charge in [0, 0.05) is 13.0 Å². The third-order valence-corrected chi connectivity index (χ3v) is 2.29. The van der Waals surface area contributed by atoms with E-state index in [9.17, 15) is 13.6 Å². The molecule has 1 rings (SSSR count). The monoisotopic (exact) mass is 203 g/mol.